The molecule has 3 aliphatic rings. The number of halogens is 1. The van der Waals surface area contributed by atoms with E-state index in [1.54, 1.807) is 12.1 Å². The summed E-state index contributed by atoms with van der Waals surface area (Å²) in [5.41, 5.74) is 4.25. The maximum atomic E-state index is 13.2. The first-order chi connectivity index (χ1) is 14.6. The highest BCUT2D eigenvalue weighted by Gasteiger charge is 2.45. The number of fused-ring (bicyclic) bond motifs is 2. The Morgan fingerprint density at radius 3 is 2.50 bits per heavy atom. The number of amides is 1. The zero-order valence-electron chi connectivity index (χ0n) is 17.6. The van der Waals surface area contributed by atoms with Crippen LogP contribution in [-0.4, -0.2) is 29.9 Å². The van der Waals surface area contributed by atoms with Crippen molar-refractivity contribution in [1.29, 1.82) is 0 Å². The standard InChI is InChI=1S/C26H31FN2O/c27-21-10-8-19(9-11-21)18-29-14-12-26(13-15-29)17-20(23-6-1-2-7-24(23)26)16-25(30)28-22-4-3-5-22/h1-2,6-11,20,22H,3-5,12-18H2,(H,28,30)/t20-/m1/s1. The number of nitrogens with zero attached hydrogens (tertiary/aromatic N) is 1. The molecule has 0 bridgehead atoms. The molecule has 5 rings (SSSR count). The number of benzene rings is 2. The lowest BCUT2D eigenvalue weighted by Crippen LogP contribution is -2.41. The summed E-state index contributed by atoms with van der Waals surface area (Å²) in [4.78, 5) is 15.1. The van der Waals surface area contributed by atoms with Crippen LogP contribution in [0.2, 0.25) is 0 Å². The van der Waals surface area contributed by atoms with Gasteiger partial charge in [0.1, 0.15) is 5.82 Å². The summed E-state index contributed by atoms with van der Waals surface area (Å²) in [6.07, 6.45) is 7.50. The molecule has 0 radical (unpaired) electrons. The average Bonchev–Trinajstić information content (AvgIpc) is 3.02. The van der Waals surface area contributed by atoms with E-state index < -0.39 is 0 Å². The Morgan fingerprint density at radius 2 is 1.80 bits per heavy atom. The van der Waals surface area contributed by atoms with Gasteiger partial charge in [0.2, 0.25) is 5.91 Å². The number of hydrogen-bond donors (Lipinski definition) is 1. The molecule has 2 aromatic rings. The molecule has 3 nitrogen and oxygen atoms in total. The van der Waals surface area contributed by atoms with Crippen LogP contribution in [0.1, 0.15) is 67.6 Å². The van der Waals surface area contributed by atoms with Gasteiger partial charge in [-0.15, -0.1) is 0 Å². The second-order valence-corrected chi connectivity index (χ2v) is 9.57. The lowest BCUT2D eigenvalue weighted by Gasteiger charge is -2.40. The number of carbonyl (C=O) groups is 1. The first kappa shape index (κ1) is 19.7. The fraction of sp³-hybridized carbons (Fsp3) is 0.500. The summed E-state index contributed by atoms with van der Waals surface area (Å²) in [7, 11) is 0. The van der Waals surface area contributed by atoms with Crippen molar-refractivity contribution in [3.8, 4) is 0 Å². The Labute approximate surface area is 178 Å². The van der Waals surface area contributed by atoms with Gasteiger partial charge in [-0.25, -0.2) is 4.39 Å². The molecule has 1 heterocycles. The number of rotatable bonds is 5. The fourth-order valence-electron chi connectivity index (χ4n) is 5.73. The summed E-state index contributed by atoms with van der Waals surface area (Å²) in [6, 6.07) is 16.1. The smallest absolute Gasteiger partial charge is 0.220 e. The van der Waals surface area contributed by atoms with Crippen LogP contribution in [0.25, 0.3) is 0 Å². The van der Waals surface area contributed by atoms with Crippen LogP contribution >= 0.6 is 0 Å². The average molecular weight is 407 g/mol. The Morgan fingerprint density at radius 1 is 1.07 bits per heavy atom. The molecule has 1 saturated heterocycles. The largest absolute Gasteiger partial charge is 0.353 e. The first-order valence-electron chi connectivity index (χ1n) is 11.5. The zero-order chi connectivity index (χ0) is 20.6. The highest BCUT2D eigenvalue weighted by atomic mass is 19.1. The second-order valence-electron chi connectivity index (χ2n) is 9.57. The van der Waals surface area contributed by atoms with Gasteiger partial charge in [-0.2, -0.15) is 0 Å². The van der Waals surface area contributed by atoms with Crippen LogP contribution in [0, 0.1) is 5.82 Å². The third kappa shape index (κ3) is 3.90. The van der Waals surface area contributed by atoms with Gasteiger partial charge in [0.15, 0.2) is 0 Å². The van der Waals surface area contributed by atoms with Crippen molar-refractivity contribution in [1.82, 2.24) is 10.2 Å². The second kappa shape index (κ2) is 8.14. The maximum absolute atomic E-state index is 13.2. The van der Waals surface area contributed by atoms with Crippen molar-refractivity contribution in [3.63, 3.8) is 0 Å². The first-order valence-corrected chi connectivity index (χ1v) is 11.5. The van der Waals surface area contributed by atoms with E-state index in [1.807, 2.05) is 12.1 Å². The quantitative estimate of drug-likeness (QED) is 0.766. The molecule has 1 aliphatic heterocycles. The molecule has 1 saturated carbocycles. The van der Waals surface area contributed by atoms with E-state index in [0.717, 1.165) is 51.7 Å². The van der Waals surface area contributed by atoms with Crippen LogP contribution in [0.15, 0.2) is 48.5 Å². The third-order valence-electron chi connectivity index (χ3n) is 7.64. The van der Waals surface area contributed by atoms with Crippen molar-refractivity contribution < 1.29 is 9.18 Å². The van der Waals surface area contributed by atoms with E-state index in [2.05, 4.69) is 34.5 Å². The molecule has 1 spiro atoms. The summed E-state index contributed by atoms with van der Waals surface area (Å²) >= 11 is 0. The molecule has 1 atom stereocenters. The lowest BCUT2D eigenvalue weighted by molar-refractivity contribution is -0.122. The van der Waals surface area contributed by atoms with Gasteiger partial charge in [0, 0.05) is 19.0 Å². The van der Waals surface area contributed by atoms with E-state index in [0.29, 0.717) is 18.4 Å². The highest BCUT2D eigenvalue weighted by Crippen LogP contribution is 2.52. The van der Waals surface area contributed by atoms with Gasteiger partial charge >= 0.3 is 0 Å². The van der Waals surface area contributed by atoms with E-state index in [1.165, 1.54) is 23.1 Å². The van der Waals surface area contributed by atoms with Crippen LogP contribution in [-0.2, 0) is 16.8 Å². The Balaban J connectivity index is 1.25. The molecule has 30 heavy (non-hydrogen) atoms. The van der Waals surface area contributed by atoms with Gasteiger partial charge < -0.3 is 5.32 Å². The van der Waals surface area contributed by atoms with Crippen molar-refractivity contribution in [2.75, 3.05) is 13.1 Å². The summed E-state index contributed by atoms with van der Waals surface area (Å²) in [6.45, 7) is 2.98. The predicted octanol–water partition coefficient (Wildman–Crippen LogP) is 4.91. The maximum Gasteiger partial charge on any atom is 0.220 e. The van der Waals surface area contributed by atoms with Crippen LogP contribution < -0.4 is 5.32 Å². The monoisotopic (exact) mass is 406 g/mol. The molecule has 2 aromatic carbocycles. The zero-order valence-corrected chi connectivity index (χ0v) is 17.6. The van der Waals surface area contributed by atoms with E-state index >= 15 is 0 Å². The number of carbonyl (C=O) groups excluding carboxylic acids is 1. The van der Waals surface area contributed by atoms with E-state index in [4.69, 9.17) is 0 Å². The molecular weight excluding hydrogens is 375 g/mol. The molecule has 2 fully saturated rings. The normalized spacial score (nSPS) is 23.2. The van der Waals surface area contributed by atoms with Crippen LogP contribution in [0.3, 0.4) is 0 Å². The Kier molecular flexibility index (Phi) is 5.36. The minimum absolute atomic E-state index is 0.175. The highest BCUT2D eigenvalue weighted by molar-refractivity contribution is 5.77. The molecule has 158 valence electrons. The van der Waals surface area contributed by atoms with Crippen LogP contribution in [0.5, 0.6) is 0 Å². The summed E-state index contributed by atoms with van der Waals surface area (Å²) < 4.78 is 13.2. The number of piperidine rings is 1. The van der Waals surface area contributed by atoms with Crippen molar-refractivity contribution in [3.05, 3.63) is 71.0 Å². The van der Waals surface area contributed by atoms with Crippen molar-refractivity contribution in [2.45, 2.75) is 68.9 Å². The van der Waals surface area contributed by atoms with E-state index in [9.17, 15) is 9.18 Å². The Hall–Kier alpha value is -2.20. The minimum atomic E-state index is -0.175. The number of likely N-dealkylation sites (tertiary alicyclic amines) is 1. The van der Waals surface area contributed by atoms with Crippen molar-refractivity contribution >= 4 is 5.91 Å². The lowest BCUT2D eigenvalue weighted by atomic mass is 9.73. The SMILES string of the molecule is O=C(C[C@@H]1CC2(CCN(Cc3ccc(F)cc3)CC2)c2ccccc21)NC1CCC1. The van der Waals surface area contributed by atoms with Crippen molar-refractivity contribution in [2.24, 2.45) is 0 Å². The van der Waals surface area contributed by atoms with Gasteiger partial charge in [-0.1, -0.05) is 36.4 Å². The predicted molar refractivity (Wildman–Crippen MR) is 117 cm³/mol. The number of hydrogen-bond acceptors (Lipinski definition) is 2. The molecule has 0 aromatic heterocycles. The fourth-order valence-corrected chi connectivity index (χ4v) is 5.73. The molecule has 4 heteroatoms. The minimum Gasteiger partial charge on any atom is -0.353 e. The van der Waals surface area contributed by atoms with E-state index in [-0.39, 0.29) is 17.1 Å². The summed E-state index contributed by atoms with van der Waals surface area (Å²) in [5.74, 6) is 0.390. The third-order valence-corrected chi connectivity index (χ3v) is 7.64. The topological polar surface area (TPSA) is 32.3 Å². The van der Waals surface area contributed by atoms with Gasteiger partial charge in [-0.05, 0) is 91.8 Å². The van der Waals surface area contributed by atoms with Crippen LogP contribution in [0.4, 0.5) is 4.39 Å². The molecule has 1 amide bonds. The summed E-state index contributed by atoms with van der Waals surface area (Å²) in [5, 5.41) is 3.23. The molecule has 0 unspecified atom stereocenters. The molecule has 2 aliphatic carbocycles. The molecular formula is C26H31FN2O. The Bertz CT molecular complexity index is 898. The van der Waals surface area contributed by atoms with Gasteiger partial charge in [0.05, 0.1) is 0 Å². The molecule has 1 N–H and O–H groups in total. The number of nitrogens with one attached hydrogen (secondary N) is 1. The van der Waals surface area contributed by atoms with Gasteiger partial charge in [-0.3, -0.25) is 9.69 Å². The van der Waals surface area contributed by atoms with Gasteiger partial charge in [0.25, 0.3) is 0 Å².